The topological polar surface area (TPSA) is 104 Å². The minimum atomic E-state index is -3.78. The van der Waals surface area contributed by atoms with E-state index in [4.69, 9.17) is 23.2 Å². The first-order chi connectivity index (χ1) is 18.1. The van der Waals surface area contributed by atoms with Gasteiger partial charge in [-0.1, -0.05) is 54.4 Å². The number of nitrogens with zero attached hydrogens (tertiary/aromatic N) is 1. The number of piperidine rings is 1. The lowest BCUT2D eigenvalue weighted by Gasteiger charge is -2.52. The largest absolute Gasteiger partial charge is 0.481 e. The molecule has 39 heavy (non-hydrogen) atoms. The van der Waals surface area contributed by atoms with Crippen molar-refractivity contribution in [2.24, 2.45) is 11.3 Å². The van der Waals surface area contributed by atoms with Crippen molar-refractivity contribution >= 4 is 45.1 Å². The van der Waals surface area contributed by atoms with Gasteiger partial charge in [0, 0.05) is 21.5 Å². The Bertz CT molecular complexity index is 1340. The molecule has 2 aromatic rings. The van der Waals surface area contributed by atoms with E-state index in [0.717, 1.165) is 24.0 Å². The lowest BCUT2D eigenvalue weighted by molar-refractivity contribution is -0.160. The maximum Gasteiger partial charge on any atom is 0.304 e. The molecule has 1 saturated carbocycles. The average molecular weight is 596 g/mol. The fraction of sp³-hybridized carbons (Fsp3) is 0.517. The van der Waals surface area contributed by atoms with Crippen molar-refractivity contribution in [3.8, 4) is 0 Å². The summed E-state index contributed by atoms with van der Waals surface area (Å²) in [5, 5.41) is 10.9. The third-order valence-electron chi connectivity index (χ3n) is 7.51. The smallest absolute Gasteiger partial charge is 0.304 e. The molecule has 2 aromatic carbocycles. The Morgan fingerprint density at radius 1 is 1.10 bits per heavy atom. The van der Waals surface area contributed by atoms with Gasteiger partial charge in [0.15, 0.2) is 0 Å². The summed E-state index contributed by atoms with van der Waals surface area (Å²) in [7, 11) is -3.78. The van der Waals surface area contributed by atoms with Crippen LogP contribution in [0.5, 0.6) is 0 Å². The first-order valence-corrected chi connectivity index (χ1v) is 15.6. The number of carboxylic acid groups (broad SMARTS) is 1. The van der Waals surface area contributed by atoms with Gasteiger partial charge in [0.1, 0.15) is 0 Å². The van der Waals surface area contributed by atoms with E-state index in [0.29, 0.717) is 10.0 Å². The zero-order chi connectivity index (χ0) is 28.8. The summed E-state index contributed by atoms with van der Waals surface area (Å²) < 4.78 is 29.5. The Labute approximate surface area is 240 Å². The van der Waals surface area contributed by atoms with Crippen LogP contribution in [-0.4, -0.2) is 47.6 Å². The van der Waals surface area contributed by atoms with Gasteiger partial charge in [0.2, 0.25) is 15.9 Å². The van der Waals surface area contributed by atoms with Crippen molar-refractivity contribution in [2.75, 3.05) is 5.75 Å². The summed E-state index contributed by atoms with van der Waals surface area (Å²) in [5.74, 6) is -2.02. The van der Waals surface area contributed by atoms with Crippen LogP contribution in [0.15, 0.2) is 48.5 Å². The molecule has 1 amide bonds. The van der Waals surface area contributed by atoms with Crippen LogP contribution >= 0.6 is 23.2 Å². The minimum Gasteiger partial charge on any atom is -0.481 e. The molecule has 4 atom stereocenters. The zero-order valence-corrected chi connectivity index (χ0v) is 25.0. The van der Waals surface area contributed by atoms with Crippen LogP contribution in [0.1, 0.15) is 76.5 Å². The number of amides is 1. The number of halogens is 2. The number of nitrogens with one attached hydrogen (secondary N) is 1. The van der Waals surface area contributed by atoms with Gasteiger partial charge in [-0.3, -0.25) is 9.59 Å². The molecular formula is C29H36Cl2N2O5S. The highest BCUT2D eigenvalue weighted by Crippen LogP contribution is 2.54. The molecule has 0 aromatic heterocycles. The molecule has 2 fully saturated rings. The highest BCUT2D eigenvalue weighted by Gasteiger charge is 2.55. The molecule has 0 radical (unpaired) electrons. The van der Waals surface area contributed by atoms with Crippen molar-refractivity contribution in [2.45, 2.75) is 76.9 Å². The summed E-state index contributed by atoms with van der Waals surface area (Å²) in [5.41, 5.74) is -0.255. The molecule has 2 aliphatic rings. The molecule has 1 aliphatic heterocycles. The second-order valence-electron chi connectivity index (χ2n) is 12.2. The van der Waals surface area contributed by atoms with Gasteiger partial charge in [-0.2, -0.15) is 0 Å². The molecule has 7 nitrogen and oxygen atoms in total. The number of carbonyl (C=O) groups excluding carboxylic acids is 1. The summed E-state index contributed by atoms with van der Waals surface area (Å²) in [6.07, 6.45) is 1.50. The van der Waals surface area contributed by atoms with Crippen LogP contribution < -0.4 is 4.72 Å². The number of rotatable bonds is 9. The Morgan fingerprint density at radius 2 is 1.74 bits per heavy atom. The normalized spacial score (nSPS) is 25.0. The lowest BCUT2D eigenvalue weighted by Crippen LogP contribution is -2.59. The van der Waals surface area contributed by atoms with Crippen LogP contribution in [-0.2, 0) is 19.6 Å². The van der Waals surface area contributed by atoms with Gasteiger partial charge in [-0.25, -0.2) is 13.1 Å². The predicted molar refractivity (Wildman–Crippen MR) is 153 cm³/mol. The number of carbonyl (C=O) groups is 2. The van der Waals surface area contributed by atoms with Gasteiger partial charge in [-0.05, 0) is 81.3 Å². The van der Waals surface area contributed by atoms with Gasteiger partial charge >= 0.3 is 5.97 Å². The van der Waals surface area contributed by atoms with E-state index in [1.165, 1.54) is 0 Å². The molecule has 2 N–H and O–H groups in total. The molecule has 1 heterocycles. The molecule has 1 saturated heterocycles. The number of carboxylic acids is 1. The van der Waals surface area contributed by atoms with Crippen molar-refractivity contribution in [3.05, 3.63) is 69.7 Å². The van der Waals surface area contributed by atoms with E-state index in [1.807, 2.05) is 30.3 Å². The Hall–Kier alpha value is -2.13. The van der Waals surface area contributed by atoms with E-state index < -0.39 is 39.0 Å². The average Bonchev–Trinajstić information content (AvgIpc) is 3.63. The molecule has 0 spiro atoms. The third-order valence-corrected chi connectivity index (χ3v) is 9.70. The summed E-state index contributed by atoms with van der Waals surface area (Å²) >= 11 is 12.6. The van der Waals surface area contributed by atoms with Gasteiger partial charge in [-0.15, -0.1) is 0 Å². The van der Waals surface area contributed by atoms with E-state index in [-0.39, 0.29) is 36.3 Å². The van der Waals surface area contributed by atoms with Gasteiger partial charge in [0.25, 0.3) is 0 Å². The van der Waals surface area contributed by atoms with Crippen LogP contribution in [0.25, 0.3) is 0 Å². The first kappa shape index (κ1) is 29.8. The lowest BCUT2D eigenvalue weighted by atomic mass is 9.67. The zero-order valence-electron chi connectivity index (χ0n) is 22.7. The standard InChI is InChI=1S/C29H36Cl2N2O5S/c1-28(2,3)32-39(37,38)17-24(18-8-9-18)33-26(19-10-12-21(30)13-11-19)23(20-6-5-7-22(31)14-20)15-29(4,27(33)36)16-25(34)35/h5-7,10-14,18,23-24,26,32H,8-9,15-17H2,1-4H3,(H,34,35)/t23?,24-,26-,29-/m1/s1. The van der Waals surface area contributed by atoms with E-state index >= 15 is 0 Å². The van der Waals surface area contributed by atoms with Crippen molar-refractivity contribution < 1.29 is 23.1 Å². The van der Waals surface area contributed by atoms with Gasteiger partial charge in [0.05, 0.1) is 29.7 Å². The summed E-state index contributed by atoms with van der Waals surface area (Å²) in [6.45, 7) is 7.01. The molecule has 212 valence electrons. The highest BCUT2D eigenvalue weighted by atomic mass is 35.5. The Morgan fingerprint density at radius 3 is 2.28 bits per heavy atom. The fourth-order valence-corrected chi connectivity index (χ4v) is 8.13. The summed E-state index contributed by atoms with van der Waals surface area (Å²) in [4.78, 5) is 28.1. The molecule has 0 bridgehead atoms. The second kappa shape index (κ2) is 11.0. The molecule has 1 unspecified atom stereocenters. The molecule has 4 rings (SSSR count). The molecule has 10 heteroatoms. The molecular weight excluding hydrogens is 559 g/mol. The number of aliphatic carboxylic acids is 1. The van der Waals surface area contributed by atoms with Crippen LogP contribution in [0.2, 0.25) is 10.0 Å². The molecule has 1 aliphatic carbocycles. The number of benzene rings is 2. The van der Waals surface area contributed by atoms with E-state index in [1.54, 1.807) is 50.8 Å². The number of sulfonamides is 1. The van der Waals surface area contributed by atoms with Crippen LogP contribution in [0.4, 0.5) is 0 Å². The quantitative estimate of drug-likeness (QED) is 0.369. The minimum absolute atomic E-state index is 0.00696. The van der Waals surface area contributed by atoms with Crippen molar-refractivity contribution in [1.82, 2.24) is 9.62 Å². The predicted octanol–water partition coefficient (Wildman–Crippen LogP) is 6.03. The number of likely N-dealkylation sites (tertiary alicyclic amines) is 1. The maximum absolute atomic E-state index is 14.4. The third kappa shape index (κ3) is 7.15. The fourth-order valence-electron chi connectivity index (χ4n) is 5.90. The Kier molecular flexibility index (Phi) is 8.44. The number of hydrogen-bond donors (Lipinski definition) is 2. The second-order valence-corrected chi connectivity index (χ2v) is 14.9. The number of hydrogen-bond acceptors (Lipinski definition) is 4. The van der Waals surface area contributed by atoms with Crippen LogP contribution in [0, 0.1) is 11.3 Å². The van der Waals surface area contributed by atoms with Crippen molar-refractivity contribution in [1.29, 1.82) is 0 Å². The SMILES string of the molecule is CC(C)(C)NS(=O)(=O)C[C@H](C1CC1)N1C(=O)[C@@](C)(CC(=O)O)CC(c2cccc(Cl)c2)[C@H]1c1ccc(Cl)cc1. The van der Waals surface area contributed by atoms with Crippen LogP contribution in [0.3, 0.4) is 0 Å². The maximum atomic E-state index is 14.4. The highest BCUT2D eigenvalue weighted by molar-refractivity contribution is 7.89. The van der Waals surface area contributed by atoms with Crippen molar-refractivity contribution in [3.63, 3.8) is 0 Å². The Balaban J connectivity index is 1.91. The monoisotopic (exact) mass is 594 g/mol. The van der Waals surface area contributed by atoms with E-state index in [9.17, 15) is 23.1 Å². The summed E-state index contributed by atoms with van der Waals surface area (Å²) in [6, 6.07) is 13.4. The van der Waals surface area contributed by atoms with Gasteiger partial charge < -0.3 is 10.0 Å². The van der Waals surface area contributed by atoms with E-state index in [2.05, 4.69) is 4.72 Å². The first-order valence-electron chi connectivity index (χ1n) is 13.2.